The third-order valence-corrected chi connectivity index (χ3v) is 4.10. The summed E-state index contributed by atoms with van der Waals surface area (Å²) < 4.78 is 0. The van der Waals surface area contributed by atoms with E-state index >= 15 is 0 Å². The first kappa shape index (κ1) is 18.5. The molecule has 1 atom stereocenters. The molecule has 0 spiro atoms. The van der Waals surface area contributed by atoms with Gasteiger partial charge in [0.1, 0.15) is 0 Å². The fraction of sp³-hybridized carbons (Fsp3) is 0.200. The molecule has 2 N–H and O–H groups in total. The minimum Gasteiger partial charge on any atom is -0.395 e. The third-order valence-electron chi connectivity index (χ3n) is 4.10. The van der Waals surface area contributed by atoms with Crippen LogP contribution in [0.25, 0.3) is 17.0 Å². The van der Waals surface area contributed by atoms with Gasteiger partial charge in [-0.25, -0.2) is 0 Å². The summed E-state index contributed by atoms with van der Waals surface area (Å²) in [6.45, 7) is 3.04. The Labute approximate surface area is 160 Å². The lowest BCUT2D eigenvalue weighted by molar-refractivity contribution is 0.300. The highest BCUT2D eigenvalue weighted by Crippen LogP contribution is 2.27. The summed E-state index contributed by atoms with van der Waals surface area (Å²) in [6, 6.07) is 18.9. The standard InChI is InChI=1S/C12H15NO.C8H7N.HI/c1-10-6-7-11-4-2-3-5-12(11)13(10)8-9-14;1-2-4-8-7(3-1)5-6-9-8;/h2-7,10,14H,8-9H2,1H3;1-6,9H;1H. The molecule has 3 aromatic rings. The Bertz CT molecular complexity index is 767. The molecule has 1 unspecified atom stereocenters. The predicted molar refractivity (Wildman–Crippen MR) is 113 cm³/mol. The van der Waals surface area contributed by atoms with Crippen LogP contribution < -0.4 is 4.90 Å². The number of aromatic amines is 1. The van der Waals surface area contributed by atoms with Gasteiger partial charge in [-0.3, -0.25) is 0 Å². The number of benzene rings is 2. The number of β-amino-alcohol motifs (C(OH)–C–C–N with tert-alkyl or cyclic N) is 1. The van der Waals surface area contributed by atoms with Crippen LogP contribution in [0.1, 0.15) is 12.5 Å². The van der Waals surface area contributed by atoms with Crippen molar-refractivity contribution in [3.8, 4) is 0 Å². The Kier molecular flexibility index (Phi) is 6.87. The lowest BCUT2D eigenvalue weighted by Crippen LogP contribution is -2.36. The van der Waals surface area contributed by atoms with E-state index in [0.29, 0.717) is 12.6 Å². The monoisotopic (exact) mass is 434 g/mol. The summed E-state index contributed by atoms with van der Waals surface area (Å²) in [5, 5.41) is 10.3. The molecule has 0 bridgehead atoms. The van der Waals surface area contributed by atoms with Crippen molar-refractivity contribution in [1.82, 2.24) is 4.98 Å². The first-order valence-electron chi connectivity index (χ1n) is 7.96. The number of aromatic nitrogens is 1. The molecule has 1 aliphatic heterocycles. The Morgan fingerprint density at radius 3 is 2.58 bits per heavy atom. The highest BCUT2D eigenvalue weighted by molar-refractivity contribution is 14.0. The molecule has 0 saturated heterocycles. The van der Waals surface area contributed by atoms with Gasteiger partial charge in [-0.2, -0.15) is 0 Å². The first-order chi connectivity index (χ1) is 11.3. The van der Waals surface area contributed by atoms with Gasteiger partial charge in [0.05, 0.1) is 6.61 Å². The van der Waals surface area contributed by atoms with Gasteiger partial charge < -0.3 is 15.0 Å². The van der Waals surface area contributed by atoms with Crippen molar-refractivity contribution >= 4 is 46.6 Å². The summed E-state index contributed by atoms with van der Waals surface area (Å²) in [4.78, 5) is 5.34. The molecule has 1 aromatic heterocycles. The Morgan fingerprint density at radius 2 is 1.79 bits per heavy atom. The number of anilines is 1. The quantitative estimate of drug-likeness (QED) is 0.575. The highest BCUT2D eigenvalue weighted by Gasteiger charge is 2.17. The van der Waals surface area contributed by atoms with E-state index in [-0.39, 0.29) is 30.6 Å². The Morgan fingerprint density at radius 1 is 1.04 bits per heavy atom. The average Bonchev–Trinajstić information content (AvgIpc) is 3.07. The molecule has 4 rings (SSSR count). The van der Waals surface area contributed by atoms with E-state index in [0.717, 1.165) is 0 Å². The number of nitrogens with one attached hydrogen (secondary N) is 1. The second-order valence-electron chi connectivity index (χ2n) is 5.64. The zero-order valence-electron chi connectivity index (χ0n) is 13.7. The minimum atomic E-state index is 0. The highest BCUT2D eigenvalue weighted by atomic mass is 127. The normalized spacial score (nSPS) is 15.2. The van der Waals surface area contributed by atoms with E-state index in [4.69, 9.17) is 5.11 Å². The van der Waals surface area contributed by atoms with Crippen molar-refractivity contribution < 1.29 is 5.11 Å². The molecule has 1 aliphatic rings. The maximum absolute atomic E-state index is 9.00. The van der Waals surface area contributed by atoms with E-state index in [1.165, 1.54) is 22.2 Å². The number of aliphatic hydroxyl groups excluding tert-OH is 1. The maximum atomic E-state index is 9.00. The average molecular weight is 434 g/mol. The largest absolute Gasteiger partial charge is 0.395 e. The van der Waals surface area contributed by atoms with Gasteiger partial charge in [0.2, 0.25) is 0 Å². The van der Waals surface area contributed by atoms with Gasteiger partial charge in [0, 0.05) is 30.0 Å². The fourth-order valence-electron chi connectivity index (χ4n) is 2.88. The molecule has 2 heterocycles. The van der Waals surface area contributed by atoms with Gasteiger partial charge in [-0.05, 0) is 36.1 Å². The van der Waals surface area contributed by atoms with E-state index in [9.17, 15) is 0 Å². The van der Waals surface area contributed by atoms with Crippen molar-refractivity contribution in [3.05, 3.63) is 72.4 Å². The number of hydrogen-bond acceptors (Lipinski definition) is 2. The summed E-state index contributed by atoms with van der Waals surface area (Å²) in [5.41, 5.74) is 3.66. The van der Waals surface area contributed by atoms with Crippen LogP contribution in [-0.4, -0.2) is 29.3 Å². The van der Waals surface area contributed by atoms with Crippen LogP contribution in [0.15, 0.2) is 66.9 Å². The number of para-hydroxylation sites is 2. The van der Waals surface area contributed by atoms with E-state index in [1.54, 1.807) is 0 Å². The lowest BCUT2D eigenvalue weighted by atomic mass is 10.0. The van der Waals surface area contributed by atoms with Crippen LogP contribution in [0.2, 0.25) is 0 Å². The summed E-state index contributed by atoms with van der Waals surface area (Å²) in [6.07, 6.45) is 6.26. The van der Waals surface area contributed by atoms with E-state index in [2.05, 4.69) is 59.3 Å². The molecule has 0 fully saturated rings. The number of aliphatic hydroxyl groups is 1. The fourth-order valence-corrected chi connectivity index (χ4v) is 2.88. The molecule has 0 saturated carbocycles. The van der Waals surface area contributed by atoms with Crippen molar-refractivity contribution in [2.24, 2.45) is 0 Å². The molecule has 24 heavy (non-hydrogen) atoms. The maximum Gasteiger partial charge on any atom is 0.0606 e. The lowest BCUT2D eigenvalue weighted by Gasteiger charge is -2.33. The molecular formula is C20H23IN2O. The smallest absolute Gasteiger partial charge is 0.0606 e. The van der Waals surface area contributed by atoms with Gasteiger partial charge in [0.15, 0.2) is 0 Å². The minimum absolute atomic E-state index is 0. The van der Waals surface area contributed by atoms with Crippen LogP contribution >= 0.6 is 24.0 Å². The van der Waals surface area contributed by atoms with Crippen molar-refractivity contribution in [2.75, 3.05) is 18.1 Å². The van der Waals surface area contributed by atoms with Crippen molar-refractivity contribution in [1.29, 1.82) is 0 Å². The van der Waals surface area contributed by atoms with Crippen LogP contribution in [0, 0.1) is 0 Å². The van der Waals surface area contributed by atoms with Crippen molar-refractivity contribution in [3.63, 3.8) is 0 Å². The number of hydrogen-bond donors (Lipinski definition) is 2. The summed E-state index contributed by atoms with van der Waals surface area (Å²) >= 11 is 0. The van der Waals surface area contributed by atoms with Crippen LogP contribution in [0.5, 0.6) is 0 Å². The summed E-state index contributed by atoms with van der Waals surface area (Å²) in [5.74, 6) is 0. The topological polar surface area (TPSA) is 39.3 Å². The van der Waals surface area contributed by atoms with Gasteiger partial charge in [-0.15, -0.1) is 24.0 Å². The molecule has 0 aliphatic carbocycles. The van der Waals surface area contributed by atoms with Crippen molar-refractivity contribution in [2.45, 2.75) is 13.0 Å². The van der Waals surface area contributed by atoms with E-state index < -0.39 is 0 Å². The molecular weight excluding hydrogens is 411 g/mol. The van der Waals surface area contributed by atoms with Gasteiger partial charge in [0.25, 0.3) is 0 Å². The van der Waals surface area contributed by atoms with Crippen LogP contribution in [0.4, 0.5) is 5.69 Å². The van der Waals surface area contributed by atoms with E-state index in [1.807, 2.05) is 30.5 Å². The Hall–Kier alpha value is -1.79. The number of nitrogens with zero attached hydrogens (tertiary/aromatic N) is 1. The predicted octanol–water partition coefficient (Wildman–Crippen LogP) is 4.69. The number of rotatable bonds is 2. The molecule has 2 aromatic carbocycles. The van der Waals surface area contributed by atoms with Crippen LogP contribution in [-0.2, 0) is 0 Å². The molecule has 4 heteroatoms. The zero-order valence-corrected chi connectivity index (χ0v) is 16.1. The Balaban J connectivity index is 0.000000181. The van der Waals surface area contributed by atoms with Crippen LogP contribution in [0.3, 0.4) is 0 Å². The second kappa shape index (κ2) is 8.89. The van der Waals surface area contributed by atoms with Gasteiger partial charge >= 0.3 is 0 Å². The number of halogens is 1. The SMILES string of the molecule is CC1C=Cc2ccccc2N1CCO.I.c1ccc2[nH]ccc2c1. The number of H-pyrrole nitrogens is 1. The first-order valence-corrected chi connectivity index (χ1v) is 7.96. The molecule has 126 valence electrons. The molecule has 3 nitrogen and oxygen atoms in total. The van der Waals surface area contributed by atoms with Gasteiger partial charge in [-0.1, -0.05) is 48.6 Å². The number of fused-ring (bicyclic) bond motifs is 2. The molecule has 0 amide bonds. The molecule has 0 radical (unpaired) electrons. The zero-order chi connectivity index (χ0) is 16.1. The summed E-state index contributed by atoms with van der Waals surface area (Å²) in [7, 11) is 0. The second-order valence-corrected chi connectivity index (χ2v) is 5.64. The third kappa shape index (κ3) is 4.19.